The third kappa shape index (κ3) is 3.24. The monoisotopic (exact) mass is 261 g/mol. The summed E-state index contributed by atoms with van der Waals surface area (Å²) in [5.74, 6) is -0.565. The lowest BCUT2D eigenvalue weighted by atomic mass is 10.2. The summed E-state index contributed by atoms with van der Waals surface area (Å²) in [7, 11) is -3.79. The van der Waals surface area contributed by atoms with Crippen LogP contribution in [0, 0.1) is 12.7 Å². The normalized spacial score (nSPS) is 13.6. The molecule has 0 radical (unpaired) electrons. The molecule has 0 bridgehead atoms. The van der Waals surface area contributed by atoms with Crippen molar-refractivity contribution in [2.24, 2.45) is 0 Å². The van der Waals surface area contributed by atoms with Gasteiger partial charge in [0.2, 0.25) is 10.0 Å². The third-order valence-electron chi connectivity index (χ3n) is 2.54. The van der Waals surface area contributed by atoms with E-state index in [9.17, 15) is 12.8 Å². The highest BCUT2D eigenvalue weighted by Crippen LogP contribution is 2.17. The van der Waals surface area contributed by atoms with Crippen LogP contribution in [0.3, 0.4) is 0 Å². The maximum Gasteiger partial charge on any atom is 0.241 e. The van der Waals surface area contributed by atoms with Gasteiger partial charge in [0, 0.05) is 11.6 Å². The van der Waals surface area contributed by atoms with Crippen LogP contribution in [0.1, 0.15) is 18.9 Å². The molecule has 0 spiro atoms. The van der Waals surface area contributed by atoms with Crippen LogP contribution in [-0.4, -0.2) is 26.2 Å². The molecule has 1 aromatic carbocycles. The maximum absolute atomic E-state index is 13.3. The van der Waals surface area contributed by atoms with Gasteiger partial charge < -0.3 is 5.11 Å². The predicted molar refractivity (Wildman–Crippen MR) is 62.6 cm³/mol. The van der Waals surface area contributed by atoms with E-state index < -0.39 is 21.9 Å². The van der Waals surface area contributed by atoms with E-state index in [2.05, 4.69) is 4.72 Å². The summed E-state index contributed by atoms with van der Waals surface area (Å²) in [6.07, 6.45) is 0.462. The standard InChI is InChI=1S/C11H16FNO3S/c1-3-9(7-14)13-17(15,16)11-6-4-5-10(12)8(11)2/h4-6,9,13-14H,3,7H2,1-2H3. The molecule has 0 aliphatic rings. The Balaban J connectivity index is 3.09. The van der Waals surface area contributed by atoms with E-state index in [-0.39, 0.29) is 17.1 Å². The number of hydrogen-bond donors (Lipinski definition) is 2. The van der Waals surface area contributed by atoms with Gasteiger partial charge in [-0.25, -0.2) is 17.5 Å². The van der Waals surface area contributed by atoms with Crippen molar-refractivity contribution in [1.82, 2.24) is 4.72 Å². The molecule has 6 heteroatoms. The second-order valence-corrected chi connectivity index (χ2v) is 5.45. The highest BCUT2D eigenvalue weighted by Gasteiger charge is 2.21. The molecule has 1 rings (SSSR count). The predicted octanol–water partition coefficient (Wildman–Crippen LogP) is 1.18. The highest BCUT2D eigenvalue weighted by atomic mass is 32.2. The van der Waals surface area contributed by atoms with E-state index in [1.165, 1.54) is 25.1 Å². The SMILES string of the molecule is CCC(CO)NS(=O)(=O)c1cccc(F)c1C. The number of aliphatic hydroxyl groups is 1. The quantitative estimate of drug-likeness (QED) is 0.836. The number of aliphatic hydroxyl groups excluding tert-OH is 1. The average molecular weight is 261 g/mol. The Morgan fingerprint density at radius 1 is 1.47 bits per heavy atom. The minimum absolute atomic E-state index is 0.0767. The summed E-state index contributed by atoms with van der Waals surface area (Å²) in [4.78, 5) is -0.0931. The number of sulfonamides is 1. The van der Waals surface area contributed by atoms with Gasteiger partial charge >= 0.3 is 0 Å². The Bertz CT molecular complexity index is 483. The van der Waals surface area contributed by atoms with E-state index in [0.717, 1.165) is 0 Å². The van der Waals surface area contributed by atoms with Crippen molar-refractivity contribution in [2.75, 3.05) is 6.61 Å². The molecule has 0 saturated carbocycles. The second-order valence-electron chi connectivity index (χ2n) is 3.77. The van der Waals surface area contributed by atoms with Crippen molar-refractivity contribution in [3.05, 3.63) is 29.6 Å². The lowest BCUT2D eigenvalue weighted by Gasteiger charge is -2.15. The zero-order valence-electron chi connectivity index (χ0n) is 9.77. The van der Waals surface area contributed by atoms with Gasteiger partial charge in [0.1, 0.15) is 5.82 Å². The summed E-state index contributed by atoms with van der Waals surface area (Å²) in [5.41, 5.74) is 0.0767. The Morgan fingerprint density at radius 3 is 2.65 bits per heavy atom. The zero-order valence-corrected chi connectivity index (χ0v) is 10.6. The van der Waals surface area contributed by atoms with E-state index in [1.807, 2.05) is 0 Å². The first-order valence-electron chi connectivity index (χ1n) is 5.30. The van der Waals surface area contributed by atoms with Crippen molar-refractivity contribution in [1.29, 1.82) is 0 Å². The van der Waals surface area contributed by atoms with Gasteiger partial charge in [0.25, 0.3) is 0 Å². The molecule has 4 nitrogen and oxygen atoms in total. The summed E-state index contributed by atoms with van der Waals surface area (Å²) in [5, 5.41) is 8.96. The van der Waals surface area contributed by atoms with Gasteiger partial charge in [-0.15, -0.1) is 0 Å². The molecule has 0 aromatic heterocycles. The summed E-state index contributed by atoms with van der Waals surface area (Å²) in [6.45, 7) is 2.87. The van der Waals surface area contributed by atoms with Crippen LogP contribution in [0.15, 0.2) is 23.1 Å². The second kappa shape index (κ2) is 5.57. The van der Waals surface area contributed by atoms with Gasteiger partial charge in [-0.05, 0) is 25.5 Å². The summed E-state index contributed by atoms with van der Waals surface area (Å²) < 4.78 is 39.5. The average Bonchev–Trinajstić information content (AvgIpc) is 2.29. The molecule has 1 aromatic rings. The van der Waals surface area contributed by atoms with Gasteiger partial charge in [0.05, 0.1) is 11.5 Å². The highest BCUT2D eigenvalue weighted by molar-refractivity contribution is 7.89. The minimum Gasteiger partial charge on any atom is -0.395 e. The van der Waals surface area contributed by atoms with Crippen molar-refractivity contribution in [3.63, 3.8) is 0 Å². The molecule has 96 valence electrons. The lowest BCUT2D eigenvalue weighted by molar-refractivity contribution is 0.254. The fourth-order valence-electron chi connectivity index (χ4n) is 1.41. The van der Waals surface area contributed by atoms with Gasteiger partial charge in [0.15, 0.2) is 0 Å². The Labute approximate surface area is 101 Å². The molecule has 1 unspecified atom stereocenters. The van der Waals surface area contributed by atoms with Crippen LogP contribution in [0.4, 0.5) is 4.39 Å². The molecular formula is C11H16FNO3S. The van der Waals surface area contributed by atoms with Crippen LogP contribution in [-0.2, 0) is 10.0 Å². The van der Waals surface area contributed by atoms with Gasteiger partial charge in [-0.2, -0.15) is 0 Å². The van der Waals surface area contributed by atoms with Crippen LogP contribution in [0.25, 0.3) is 0 Å². The first kappa shape index (κ1) is 14.1. The molecule has 0 fully saturated rings. The number of hydrogen-bond acceptors (Lipinski definition) is 3. The fourth-order valence-corrected chi connectivity index (χ4v) is 2.98. The molecular weight excluding hydrogens is 245 g/mol. The topological polar surface area (TPSA) is 66.4 Å². The number of rotatable bonds is 5. The van der Waals surface area contributed by atoms with Crippen molar-refractivity contribution < 1.29 is 17.9 Å². The summed E-state index contributed by atoms with van der Waals surface area (Å²) >= 11 is 0. The molecule has 1 atom stereocenters. The molecule has 0 amide bonds. The molecule has 17 heavy (non-hydrogen) atoms. The number of halogens is 1. The minimum atomic E-state index is -3.79. The molecule has 0 heterocycles. The Morgan fingerprint density at radius 2 is 2.12 bits per heavy atom. The zero-order chi connectivity index (χ0) is 13.1. The number of benzene rings is 1. The van der Waals surface area contributed by atoms with Crippen molar-refractivity contribution in [3.8, 4) is 0 Å². The first-order valence-corrected chi connectivity index (χ1v) is 6.79. The molecule has 2 N–H and O–H groups in total. The molecule has 0 aliphatic heterocycles. The van der Waals surface area contributed by atoms with Crippen molar-refractivity contribution >= 4 is 10.0 Å². The Kier molecular flexibility index (Phi) is 4.62. The largest absolute Gasteiger partial charge is 0.395 e. The third-order valence-corrected chi connectivity index (χ3v) is 4.21. The number of nitrogens with one attached hydrogen (secondary N) is 1. The molecule has 0 saturated heterocycles. The van der Waals surface area contributed by atoms with Crippen LogP contribution >= 0.6 is 0 Å². The van der Waals surface area contributed by atoms with E-state index in [4.69, 9.17) is 5.11 Å². The molecule has 0 aliphatic carbocycles. The van der Waals surface area contributed by atoms with E-state index >= 15 is 0 Å². The van der Waals surface area contributed by atoms with Crippen LogP contribution < -0.4 is 4.72 Å². The maximum atomic E-state index is 13.3. The van der Waals surface area contributed by atoms with Crippen molar-refractivity contribution in [2.45, 2.75) is 31.2 Å². The smallest absolute Gasteiger partial charge is 0.241 e. The van der Waals surface area contributed by atoms with Crippen LogP contribution in [0.2, 0.25) is 0 Å². The first-order chi connectivity index (χ1) is 7.92. The lowest BCUT2D eigenvalue weighted by Crippen LogP contribution is -2.37. The van der Waals surface area contributed by atoms with Gasteiger partial charge in [-0.3, -0.25) is 0 Å². The van der Waals surface area contributed by atoms with E-state index in [1.54, 1.807) is 6.92 Å². The Hall–Kier alpha value is -0.980. The fraction of sp³-hybridized carbons (Fsp3) is 0.455. The summed E-state index contributed by atoms with van der Waals surface area (Å²) in [6, 6.07) is 3.34. The van der Waals surface area contributed by atoms with Gasteiger partial charge in [-0.1, -0.05) is 13.0 Å². The van der Waals surface area contributed by atoms with E-state index in [0.29, 0.717) is 6.42 Å². The van der Waals surface area contributed by atoms with Crippen LogP contribution in [0.5, 0.6) is 0 Å².